The van der Waals surface area contributed by atoms with Gasteiger partial charge in [0.25, 0.3) is 0 Å². The Bertz CT molecular complexity index is 331. The van der Waals surface area contributed by atoms with E-state index in [1.165, 1.54) is 11.8 Å². The van der Waals surface area contributed by atoms with E-state index in [4.69, 9.17) is 0 Å². The van der Waals surface area contributed by atoms with Crippen LogP contribution in [-0.2, 0) is 7.05 Å². The Balaban J connectivity index is 2.36. The van der Waals surface area contributed by atoms with Crippen molar-refractivity contribution in [1.29, 1.82) is 0 Å². The Morgan fingerprint density at radius 3 is 2.71 bits per heavy atom. The lowest BCUT2D eigenvalue weighted by Gasteiger charge is -1.99. The standard InChI is InChI=1S/C8H9F3N2S/c1-13-4-3-12-8(13)14-5-2-6(9)7(10)11/h3-4H,2,5H2,1H3. The first-order valence-electron chi connectivity index (χ1n) is 3.91. The van der Waals surface area contributed by atoms with Crippen LogP contribution in [0.2, 0.25) is 0 Å². The normalized spacial score (nSPS) is 10.3. The summed E-state index contributed by atoms with van der Waals surface area (Å²) >= 11 is 1.24. The van der Waals surface area contributed by atoms with Crippen molar-refractivity contribution in [3.8, 4) is 0 Å². The summed E-state index contributed by atoms with van der Waals surface area (Å²) in [6, 6.07) is 0. The van der Waals surface area contributed by atoms with Crippen LogP contribution >= 0.6 is 11.8 Å². The van der Waals surface area contributed by atoms with Crippen LogP contribution in [0.25, 0.3) is 0 Å². The monoisotopic (exact) mass is 222 g/mol. The average molecular weight is 222 g/mol. The molecular formula is C8H9F3N2S. The van der Waals surface area contributed by atoms with E-state index in [2.05, 4.69) is 4.98 Å². The summed E-state index contributed by atoms with van der Waals surface area (Å²) in [7, 11) is 1.79. The molecule has 0 saturated heterocycles. The van der Waals surface area contributed by atoms with Crippen molar-refractivity contribution in [2.75, 3.05) is 5.75 Å². The molecule has 0 N–H and O–H groups in total. The molecule has 0 bridgehead atoms. The lowest BCUT2D eigenvalue weighted by Crippen LogP contribution is -1.90. The Labute approximate surface area is 83.8 Å². The molecule has 1 heterocycles. The molecule has 0 unspecified atom stereocenters. The number of thioether (sulfide) groups is 1. The Hall–Kier alpha value is -0.910. The highest BCUT2D eigenvalue weighted by molar-refractivity contribution is 7.99. The maximum atomic E-state index is 12.3. The van der Waals surface area contributed by atoms with Gasteiger partial charge in [-0.3, -0.25) is 0 Å². The van der Waals surface area contributed by atoms with Gasteiger partial charge in [-0.15, -0.1) is 0 Å². The fourth-order valence-electron chi connectivity index (χ4n) is 0.817. The summed E-state index contributed by atoms with van der Waals surface area (Å²) in [6.07, 6.45) is 0.847. The van der Waals surface area contributed by atoms with Crippen LogP contribution in [-0.4, -0.2) is 15.3 Å². The van der Waals surface area contributed by atoms with Crippen molar-refractivity contribution >= 4 is 11.8 Å². The van der Waals surface area contributed by atoms with Gasteiger partial charge in [0.1, 0.15) is 0 Å². The molecule has 0 saturated carbocycles. The Morgan fingerprint density at radius 1 is 1.50 bits per heavy atom. The average Bonchev–Trinajstić information content (AvgIpc) is 2.51. The molecule has 0 aromatic carbocycles. The van der Waals surface area contributed by atoms with E-state index >= 15 is 0 Å². The lowest BCUT2D eigenvalue weighted by atomic mass is 10.4. The molecule has 2 nitrogen and oxygen atoms in total. The predicted octanol–water partition coefficient (Wildman–Crippen LogP) is 2.98. The second kappa shape index (κ2) is 5.09. The number of imidazole rings is 1. The number of aryl methyl sites for hydroxylation is 1. The van der Waals surface area contributed by atoms with Gasteiger partial charge in [0.15, 0.2) is 11.0 Å². The molecule has 1 aromatic rings. The summed E-state index contributed by atoms with van der Waals surface area (Å²) in [4.78, 5) is 3.96. The number of allylic oxidation sites excluding steroid dienone is 1. The van der Waals surface area contributed by atoms with Crippen LogP contribution in [0.15, 0.2) is 29.5 Å². The first kappa shape index (κ1) is 11.2. The molecular weight excluding hydrogens is 213 g/mol. The Kier molecular flexibility index (Phi) is 4.06. The molecule has 0 spiro atoms. The molecule has 0 fully saturated rings. The fourth-order valence-corrected chi connectivity index (χ4v) is 1.68. The third-order valence-corrected chi connectivity index (χ3v) is 2.59. The van der Waals surface area contributed by atoms with Gasteiger partial charge >= 0.3 is 6.08 Å². The van der Waals surface area contributed by atoms with Crippen molar-refractivity contribution < 1.29 is 13.2 Å². The first-order chi connectivity index (χ1) is 6.61. The maximum Gasteiger partial charge on any atom is 0.301 e. The summed E-state index contributed by atoms with van der Waals surface area (Å²) in [5, 5.41) is 0.692. The zero-order valence-corrected chi connectivity index (χ0v) is 8.32. The third kappa shape index (κ3) is 3.10. The SMILES string of the molecule is Cn1ccnc1SCCC(F)=C(F)F. The van der Waals surface area contributed by atoms with E-state index in [1.54, 1.807) is 24.0 Å². The van der Waals surface area contributed by atoms with Crippen LogP contribution < -0.4 is 0 Å². The molecule has 0 atom stereocenters. The fraction of sp³-hybridized carbons (Fsp3) is 0.375. The van der Waals surface area contributed by atoms with Gasteiger partial charge in [0, 0.05) is 31.6 Å². The highest BCUT2D eigenvalue weighted by Crippen LogP contribution is 2.20. The van der Waals surface area contributed by atoms with Gasteiger partial charge in [0.05, 0.1) is 0 Å². The highest BCUT2D eigenvalue weighted by atomic mass is 32.2. The number of hydrogen-bond acceptors (Lipinski definition) is 2. The van der Waals surface area contributed by atoms with Gasteiger partial charge in [-0.2, -0.15) is 8.78 Å². The maximum absolute atomic E-state index is 12.3. The lowest BCUT2D eigenvalue weighted by molar-refractivity contribution is 0.373. The molecule has 0 amide bonds. The summed E-state index contributed by atoms with van der Waals surface area (Å²) < 4.78 is 37.4. The van der Waals surface area contributed by atoms with E-state index in [0.29, 0.717) is 5.16 Å². The van der Waals surface area contributed by atoms with Gasteiger partial charge < -0.3 is 4.57 Å². The van der Waals surface area contributed by atoms with Gasteiger partial charge in [-0.05, 0) is 0 Å². The van der Waals surface area contributed by atoms with Crippen LogP contribution in [0.4, 0.5) is 13.2 Å². The van der Waals surface area contributed by atoms with Gasteiger partial charge in [0.2, 0.25) is 0 Å². The minimum absolute atomic E-state index is 0.258. The Morgan fingerprint density at radius 2 is 2.21 bits per heavy atom. The number of rotatable bonds is 4. The molecule has 1 rings (SSSR count). The number of hydrogen-bond donors (Lipinski definition) is 0. The van der Waals surface area contributed by atoms with Crippen LogP contribution in [0.1, 0.15) is 6.42 Å². The van der Waals surface area contributed by atoms with Gasteiger partial charge in [-0.25, -0.2) is 9.37 Å². The first-order valence-corrected chi connectivity index (χ1v) is 4.89. The molecule has 0 radical (unpaired) electrons. The minimum atomic E-state index is -2.23. The molecule has 0 aliphatic carbocycles. The van der Waals surface area contributed by atoms with E-state index in [1.807, 2.05) is 0 Å². The summed E-state index contributed by atoms with van der Waals surface area (Å²) in [6.45, 7) is 0. The largest absolute Gasteiger partial charge is 0.329 e. The van der Waals surface area contributed by atoms with Crippen molar-refractivity contribution in [2.24, 2.45) is 7.05 Å². The second-order valence-corrected chi connectivity index (χ2v) is 3.65. The van der Waals surface area contributed by atoms with E-state index < -0.39 is 11.9 Å². The van der Waals surface area contributed by atoms with Crippen LogP contribution in [0, 0.1) is 0 Å². The quantitative estimate of drug-likeness (QED) is 0.729. The van der Waals surface area contributed by atoms with E-state index in [9.17, 15) is 13.2 Å². The van der Waals surface area contributed by atoms with Crippen molar-refractivity contribution in [2.45, 2.75) is 11.6 Å². The second-order valence-electron chi connectivity index (χ2n) is 2.58. The zero-order chi connectivity index (χ0) is 10.6. The number of halogens is 3. The van der Waals surface area contributed by atoms with E-state index in [0.717, 1.165) is 0 Å². The number of nitrogens with zero attached hydrogens (tertiary/aromatic N) is 2. The minimum Gasteiger partial charge on any atom is -0.329 e. The summed E-state index contributed by atoms with van der Waals surface area (Å²) in [5.74, 6) is -1.08. The van der Waals surface area contributed by atoms with Crippen LogP contribution in [0.5, 0.6) is 0 Å². The summed E-state index contributed by atoms with van der Waals surface area (Å²) in [5.41, 5.74) is 0. The van der Waals surface area contributed by atoms with Crippen molar-refractivity contribution in [3.05, 3.63) is 24.3 Å². The van der Waals surface area contributed by atoms with Crippen LogP contribution in [0.3, 0.4) is 0 Å². The number of aromatic nitrogens is 2. The zero-order valence-electron chi connectivity index (χ0n) is 7.51. The highest BCUT2D eigenvalue weighted by Gasteiger charge is 2.06. The smallest absolute Gasteiger partial charge is 0.301 e. The molecule has 6 heteroatoms. The third-order valence-electron chi connectivity index (χ3n) is 1.53. The predicted molar refractivity (Wildman–Crippen MR) is 48.9 cm³/mol. The molecule has 0 aliphatic rings. The van der Waals surface area contributed by atoms with Crippen molar-refractivity contribution in [1.82, 2.24) is 9.55 Å². The molecule has 14 heavy (non-hydrogen) atoms. The van der Waals surface area contributed by atoms with Gasteiger partial charge in [-0.1, -0.05) is 11.8 Å². The topological polar surface area (TPSA) is 17.8 Å². The molecule has 1 aromatic heterocycles. The molecule has 78 valence electrons. The van der Waals surface area contributed by atoms with Crippen molar-refractivity contribution in [3.63, 3.8) is 0 Å². The van der Waals surface area contributed by atoms with E-state index in [-0.39, 0.29) is 12.2 Å². The molecule has 0 aliphatic heterocycles.